The first-order valence-electron chi connectivity index (χ1n) is 5.39. The number of carbonyl (C=O) groups excluding carboxylic acids is 1. The van der Waals surface area contributed by atoms with Crippen LogP contribution in [0.5, 0.6) is 0 Å². The van der Waals surface area contributed by atoms with Crippen LogP contribution in [0, 0.1) is 0 Å². The van der Waals surface area contributed by atoms with Gasteiger partial charge in [-0.25, -0.2) is 4.79 Å². The SMILES string of the molecule is COC(=O)c1ccc(N)c(NCCCSC)c1. The van der Waals surface area contributed by atoms with Gasteiger partial charge in [0.05, 0.1) is 24.0 Å². The topological polar surface area (TPSA) is 64.3 Å². The summed E-state index contributed by atoms with van der Waals surface area (Å²) in [5.74, 6) is 0.751. The van der Waals surface area contributed by atoms with Gasteiger partial charge in [-0.05, 0) is 36.6 Å². The molecule has 0 saturated heterocycles. The highest BCUT2D eigenvalue weighted by Gasteiger charge is 2.07. The number of thioether (sulfide) groups is 1. The van der Waals surface area contributed by atoms with Crippen molar-refractivity contribution in [3.63, 3.8) is 0 Å². The zero-order chi connectivity index (χ0) is 12.7. The van der Waals surface area contributed by atoms with Crippen LogP contribution < -0.4 is 11.1 Å². The van der Waals surface area contributed by atoms with Gasteiger partial charge in [0.1, 0.15) is 0 Å². The van der Waals surface area contributed by atoms with Gasteiger partial charge in [-0.3, -0.25) is 0 Å². The number of rotatable bonds is 6. The fraction of sp³-hybridized carbons (Fsp3) is 0.417. The third kappa shape index (κ3) is 4.19. The number of carbonyl (C=O) groups is 1. The molecule has 0 aliphatic carbocycles. The summed E-state index contributed by atoms with van der Waals surface area (Å²) in [7, 11) is 1.37. The Morgan fingerprint density at radius 1 is 1.53 bits per heavy atom. The molecule has 0 aliphatic heterocycles. The van der Waals surface area contributed by atoms with Crippen LogP contribution in [0.2, 0.25) is 0 Å². The minimum absolute atomic E-state index is 0.350. The molecule has 4 nitrogen and oxygen atoms in total. The molecule has 0 spiro atoms. The summed E-state index contributed by atoms with van der Waals surface area (Å²) >= 11 is 1.81. The molecule has 17 heavy (non-hydrogen) atoms. The number of ether oxygens (including phenoxy) is 1. The van der Waals surface area contributed by atoms with Gasteiger partial charge in [0, 0.05) is 6.54 Å². The Kier molecular flexibility index (Phi) is 5.69. The van der Waals surface area contributed by atoms with Crippen molar-refractivity contribution in [1.29, 1.82) is 0 Å². The van der Waals surface area contributed by atoms with Crippen molar-refractivity contribution in [2.75, 3.05) is 36.7 Å². The molecule has 0 bridgehead atoms. The van der Waals surface area contributed by atoms with Crippen molar-refractivity contribution in [2.24, 2.45) is 0 Å². The van der Waals surface area contributed by atoms with Crippen molar-refractivity contribution in [2.45, 2.75) is 6.42 Å². The number of hydrogen-bond donors (Lipinski definition) is 2. The Morgan fingerprint density at radius 3 is 2.94 bits per heavy atom. The number of hydrogen-bond acceptors (Lipinski definition) is 5. The molecule has 1 rings (SSSR count). The molecule has 1 aromatic rings. The van der Waals surface area contributed by atoms with Gasteiger partial charge in [0.15, 0.2) is 0 Å². The van der Waals surface area contributed by atoms with Gasteiger partial charge in [-0.2, -0.15) is 11.8 Å². The van der Waals surface area contributed by atoms with Crippen LogP contribution in [0.1, 0.15) is 16.8 Å². The molecule has 0 saturated carbocycles. The maximum Gasteiger partial charge on any atom is 0.337 e. The number of benzene rings is 1. The van der Waals surface area contributed by atoms with E-state index in [2.05, 4.69) is 16.3 Å². The predicted octanol–water partition coefficient (Wildman–Crippen LogP) is 2.22. The van der Waals surface area contributed by atoms with Crippen molar-refractivity contribution in [3.8, 4) is 0 Å². The van der Waals surface area contributed by atoms with Crippen molar-refractivity contribution in [3.05, 3.63) is 23.8 Å². The lowest BCUT2D eigenvalue weighted by Gasteiger charge is -2.10. The smallest absolute Gasteiger partial charge is 0.337 e. The van der Waals surface area contributed by atoms with E-state index in [0.717, 1.165) is 24.4 Å². The summed E-state index contributed by atoms with van der Waals surface area (Å²) < 4.78 is 4.66. The number of anilines is 2. The molecule has 3 N–H and O–H groups in total. The Hall–Kier alpha value is -1.36. The normalized spacial score (nSPS) is 10.0. The van der Waals surface area contributed by atoms with Crippen molar-refractivity contribution < 1.29 is 9.53 Å². The van der Waals surface area contributed by atoms with E-state index in [1.54, 1.807) is 18.2 Å². The van der Waals surface area contributed by atoms with Gasteiger partial charge in [-0.15, -0.1) is 0 Å². The summed E-state index contributed by atoms with van der Waals surface area (Å²) in [4.78, 5) is 11.4. The zero-order valence-electron chi connectivity index (χ0n) is 10.2. The number of nitrogen functional groups attached to an aromatic ring is 1. The van der Waals surface area contributed by atoms with E-state index >= 15 is 0 Å². The fourth-order valence-electron chi connectivity index (χ4n) is 1.39. The number of esters is 1. The third-order valence-corrected chi connectivity index (χ3v) is 3.01. The quantitative estimate of drug-likeness (QED) is 0.463. The summed E-state index contributed by atoms with van der Waals surface area (Å²) in [6, 6.07) is 5.09. The molecular formula is C12H18N2O2S. The molecule has 0 fully saturated rings. The first-order valence-corrected chi connectivity index (χ1v) is 6.79. The van der Waals surface area contributed by atoms with Gasteiger partial charge in [0.2, 0.25) is 0 Å². The second kappa shape index (κ2) is 7.06. The molecule has 0 heterocycles. The number of nitrogens with one attached hydrogen (secondary N) is 1. The lowest BCUT2D eigenvalue weighted by Crippen LogP contribution is -2.07. The highest BCUT2D eigenvalue weighted by Crippen LogP contribution is 2.20. The molecule has 1 aromatic carbocycles. The van der Waals surface area contributed by atoms with Gasteiger partial charge >= 0.3 is 5.97 Å². The number of nitrogens with two attached hydrogens (primary N) is 1. The lowest BCUT2D eigenvalue weighted by atomic mass is 10.1. The standard InChI is InChI=1S/C12H18N2O2S/c1-16-12(15)9-4-5-10(13)11(8-9)14-6-3-7-17-2/h4-5,8,14H,3,6-7,13H2,1-2H3. The van der Waals surface area contributed by atoms with Gasteiger partial charge in [-0.1, -0.05) is 0 Å². The Morgan fingerprint density at radius 2 is 2.29 bits per heavy atom. The van der Waals surface area contributed by atoms with E-state index < -0.39 is 0 Å². The molecular weight excluding hydrogens is 236 g/mol. The van der Waals surface area contributed by atoms with E-state index in [1.165, 1.54) is 7.11 Å². The van der Waals surface area contributed by atoms with E-state index in [0.29, 0.717) is 11.3 Å². The van der Waals surface area contributed by atoms with Crippen LogP contribution in [0.4, 0.5) is 11.4 Å². The molecule has 0 atom stereocenters. The van der Waals surface area contributed by atoms with Crippen molar-refractivity contribution >= 4 is 29.1 Å². The minimum Gasteiger partial charge on any atom is -0.465 e. The zero-order valence-corrected chi connectivity index (χ0v) is 11.0. The Balaban J connectivity index is 2.66. The molecule has 0 amide bonds. The molecule has 0 aliphatic rings. The second-order valence-electron chi connectivity index (χ2n) is 3.57. The Labute approximate surface area is 106 Å². The molecule has 0 radical (unpaired) electrons. The fourth-order valence-corrected chi connectivity index (χ4v) is 1.83. The van der Waals surface area contributed by atoms with Gasteiger partial charge < -0.3 is 15.8 Å². The Bertz CT molecular complexity index is 383. The van der Waals surface area contributed by atoms with Crippen molar-refractivity contribution in [1.82, 2.24) is 0 Å². The highest BCUT2D eigenvalue weighted by atomic mass is 32.2. The molecule has 0 unspecified atom stereocenters. The lowest BCUT2D eigenvalue weighted by molar-refractivity contribution is 0.0601. The maximum atomic E-state index is 11.4. The molecule has 5 heteroatoms. The molecule has 0 aromatic heterocycles. The predicted molar refractivity (Wildman–Crippen MR) is 73.7 cm³/mol. The first-order chi connectivity index (χ1) is 8.19. The first kappa shape index (κ1) is 13.7. The average Bonchev–Trinajstić information content (AvgIpc) is 2.35. The average molecular weight is 254 g/mol. The summed E-state index contributed by atoms with van der Waals surface area (Å²) in [5, 5.41) is 3.22. The van der Waals surface area contributed by atoms with E-state index in [1.807, 2.05) is 11.8 Å². The summed E-state index contributed by atoms with van der Waals surface area (Å²) in [6.07, 6.45) is 3.13. The van der Waals surface area contributed by atoms with E-state index in [-0.39, 0.29) is 5.97 Å². The summed E-state index contributed by atoms with van der Waals surface area (Å²) in [5.41, 5.74) is 7.76. The highest BCUT2D eigenvalue weighted by molar-refractivity contribution is 7.98. The van der Waals surface area contributed by atoms with E-state index in [4.69, 9.17) is 5.73 Å². The van der Waals surface area contributed by atoms with Crippen LogP contribution in [-0.4, -0.2) is 31.6 Å². The van der Waals surface area contributed by atoms with Crippen LogP contribution in [0.15, 0.2) is 18.2 Å². The maximum absolute atomic E-state index is 11.4. The van der Waals surface area contributed by atoms with Gasteiger partial charge in [0.25, 0.3) is 0 Å². The van der Waals surface area contributed by atoms with E-state index in [9.17, 15) is 4.79 Å². The van der Waals surface area contributed by atoms with Crippen LogP contribution in [0.25, 0.3) is 0 Å². The van der Waals surface area contributed by atoms with Crippen LogP contribution in [0.3, 0.4) is 0 Å². The largest absolute Gasteiger partial charge is 0.465 e. The monoisotopic (exact) mass is 254 g/mol. The second-order valence-corrected chi connectivity index (χ2v) is 4.55. The molecule has 94 valence electrons. The number of methoxy groups -OCH3 is 1. The summed E-state index contributed by atoms with van der Waals surface area (Å²) in [6.45, 7) is 0.843. The minimum atomic E-state index is -0.350. The third-order valence-electron chi connectivity index (χ3n) is 2.32. The van der Waals surface area contributed by atoms with Crippen LogP contribution >= 0.6 is 11.8 Å². The van der Waals surface area contributed by atoms with Crippen LogP contribution in [-0.2, 0) is 4.74 Å².